The average Bonchev–Trinajstić information content (AvgIpc) is 2.85. The maximum Gasteiger partial charge on any atom is 0.307 e. The topological polar surface area (TPSA) is 63.1 Å². The number of aliphatic carboxylic acids is 1. The van der Waals surface area contributed by atoms with E-state index in [1.165, 1.54) is 0 Å². The fraction of sp³-hybridized carbons (Fsp3) is 0.444. The molecule has 1 aliphatic rings. The lowest BCUT2D eigenvalue weighted by atomic mass is 10.2. The van der Waals surface area contributed by atoms with E-state index in [1.54, 1.807) is 12.4 Å². The molecule has 1 aliphatic carbocycles. The highest BCUT2D eigenvalue weighted by Crippen LogP contribution is 2.46. The summed E-state index contributed by atoms with van der Waals surface area (Å²) in [4.78, 5) is 18.8. The first-order valence-corrected chi connectivity index (χ1v) is 4.20. The van der Waals surface area contributed by atoms with Gasteiger partial charge in [-0.3, -0.25) is 14.8 Å². The summed E-state index contributed by atoms with van der Waals surface area (Å²) in [6, 6.07) is 0. The second-order valence-corrected chi connectivity index (χ2v) is 3.37. The van der Waals surface area contributed by atoms with Crippen LogP contribution in [0.1, 0.15) is 23.7 Å². The molecule has 2 atom stereocenters. The molecule has 0 amide bonds. The van der Waals surface area contributed by atoms with Crippen LogP contribution in [-0.4, -0.2) is 21.0 Å². The summed E-state index contributed by atoms with van der Waals surface area (Å²) < 4.78 is 0. The predicted octanol–water partition coefficient (Wildman–Crippen LogP) is 0.973. The molecule has 0 bridgehead atoms. The van der Waals surface area contributed by atoms with Crippen molar-refractivity contribution in [2.45, 2.75) is 19.3 Å². The van der Waals surface area contributed by atoms with Crippen LogP contribution in [0.4, 0.5) is 0 Å². The van der Waals surface area contributed by atoms with Crippen molar-refractivity contribution in [3.63, 3.8) is 0 Å². The number of carboxylic acids is 1. The van der Waals surface area contributed by atoms with Gasteiger partial charge in [-0.25, -0.2) is 0 Å². The highest BCUT2D eigenvalue weighted by Gasteiger charge is 2.45. The van der Waals surface area contributed by atoms with Crippen LogP contribution in [0.5, 0.6) is 0 Å². The van der Waals surface area contributed by atoms with Crippen molar-refractivity contribution in [3.8, 4) is 0 Å². The van der Waals surface area contributed by atoms with Crippen LogP contribution in [0.25, 0.3) is 0 Å². The maximum atomic E-state index is 10.6. The molecule has 4 heteroatoms. The lowest BCUT2D eigenvalue weighted by Gasteiger charge is -1.96. The Hall–Kier alpha value is -1.45. The molecule has 0 radical (unpaired) electrons. The van der Waals surface area contributed by atoms with E-state index in [1.807, 2.05) is 6.92 Å². The van der Waals surface area contributed by atoms with Crippen LogP contribution < -0.4 is 0 Å². The Balaban J connectivity index is 2.12. The van der Waals surface area contributed by atoms with Gasteiger partial charge >= 0.3 is 5.97 Å². The second kappa shape index (κ2) is 2.80. The van der Waals surface area contributed by atoms with Crippen molar-refractivity contribution in [2.24, 2.45) is 5.92 Å². The monoisotopic (exact) mass is 178 g/mol. The lowest BCUT2D eigenvalue weighted by Crippen LogP contribution is -2.00. The molecule has 68 valence electrons. The molecule has 1 fully saturated rings. The van der Waals surface area contributed by atoms with Crippen molar-refractivity contribution >= 4 is 5.97 Å². The molecule has 0 aromatic carbocycles. The summed E-state index contributed by atoms with van der Waals surface area (Å²) in [6.07, 6.45) is 4.04. The Morgan fingerprint density at radius 3 is 2.77 bits per heavy atom. The minimum Gasteiger partial charge on any atom is -0.481 e. The summed E-state index contributed by atoms with van der Waals surface area (Å²) in [6.45, 7) is 1.86. The minimum absolute atomic E-state index is 0.0885. The smallest absolute Gasteiger partial charge is 0.307 e. The SMILES string of the molecule is Cc1cnc([C@@H]2C[C@H]2C(=O)O)cn1. The Kier molecular flexibility index (Phi) is 1.76. The summed E-state index contributed by atoms with van der Waals surface area (Å²) in [7, 11) is 0. The number of nitrogens with zero attached hydrogens (tertiary/aromatic N) is 2. The van der Waals surface area contributed by atoms with E-state index in [0.29, 0.717) is 6.42 Å². The number of aryl methyl sites for hydroxylation is 1. The Labute approximate surface area is 75.6 Å². The zero-order valence-electron chi connectivity index (χ0n) is 7.27. The highest BCUT2D eigenvalue weighted by molar-refractivity contribution is 5.74. The number of hydrogen-bond donors (Lipinski definition) is 1. The Bertz CT molecular complexity index is 334. The van der Waals surface area contributed by atoms with Crippen LogP contribution in [0, 0.1) is 12.8 Å². The van der Waals surface area contributed by atoms with E-state index in [2.05, 4.69) is 9.97 Å². The highest BCUT2D eigenvalue weighted by atomic mass is 16.4. The number of carbonyl (C=O) groups is 1. The van der Waals surface area contributed by atoms with Crippen molar-refractivity contribution in [1.29, 1.82) is 0 Å². The van der Waals surface area contributed by atoms with Crippen molar-refractivity contribution in [3.05, 3.63) is 23.8 Å². The summed E-state index contributed by atoms with van der Waals surface area (Å²) in [5, 5.41) is 8.69. The third-order valence-electron chi connectivity index (χ3n) is 2.29. The maximum absolute atomic E-state index is 10.6. The molecule has 1 saturated carbocycles. The zero-order valence-corrected chi connectivity index (χ0v) is 7.27. The third kappa shape index (κ3) is 1.52. The van der Waals surface area contributed by atoms with Crippen molar-refractivity contribution in [1.82, 2.24) is 9.97 Å². The molecule has 1 N–H and O–H groups in total. The van der Waals surface area contributed by atoms with Crippen LogP contribution in [-0.2, 0) is 4.79 Å². The molecular weight excluding hydrogens is 168 g/mol. The molecular formula is C9H10N2O2. The Morgan fingerprint density at radius 2 is 2.31 bits per heavy atom. The minimum atomic E-state index is -0.729. The Morgan fingerprint density at radius 1 is 1.54 bits per heavy atom. The van der Waals surface area contributed by atoms with Crippen LogP contribution in [0.3, 0.4) is 0 Å². The van der Waals surface area contributed by atoms with Gasteiger partial charge in [-0.2, -0.15) is 0 Å². The molecule has 1 aromatic rings. The fourth-order valence-electron chi connectivity index (χ4n) is 1.39. The fourth-order valence-corrected chi connectivity index (χ4v) is 1.39. The van der Waals surface area contributed by atoms with E-state index in [4.69, 9.17) is 5.11 Å². The average molecular weight is 178 g/mol. The van der Waals surface area contributed by atoms with Gasteiger partial charge in [0.05, 0.1) is 17.3 Å². The summed E-state index contributed by atoms with van der Waals surface area (Å²) in [5.41, 5.74) is 1.66. The largest absolute Gasteiger partial charge is 0.481 e. The number of hydrogen-bond acceptors (Lipinski definition) is 3. The molecule has 0 saturated heterocycles. The van der Waals surface area contributed by atoms with Gasteiger partial charge in [0.2, 0.25) is 0 Å². The molecule has 4 nitrogen and oxygen atoms in total. The van der Waals surface area contributed by atoms with Gasteiger partial charge < -0.3 is 5.11 Å². The van der Waals surface area contributed by atoms with E-state index < -0.39 is 5.97 Å². The number of aromatic nitrogens is 2. The molecule has 2 rings (SSSR count). The summed E-state index contributed by atoms with van der Waals surface area (Å²) in [5.74, 6) is -0.880. The van der Waals surface area contributed by atoms with Gasteiger partial charge in [0.1, 0.15) is 0 Å². The molecule has 0 aliphatic heterocycles. The molecule has 0 unspecified atom stereocenters. The van der Waals surface area contributed by atoms with Crippen LogP contribution in [0.15, 0.2) is 12.4 Å². The van der Waals surface area contributed by atoms with E-state index in [9.17, 15) is 4.79 Å². The van der Waals surface area contributed by atoms with Gasteiger partial charge in [0, 0.05) is 18.3 Å². The number of carboxylic acid groups (broad SMARTS) is 1. The lowest BCUT2D eigenvalue weighted by molar-refractivity contribution is -0.138. The van der Waals surface area contributed by atoms with Gasteiger partial charge in [-0.05, 0) is 13.3 Å². The number of rotatable bonds is 2. The van der Waals surface area contributed by atoms with Gasteiger partial charge in [-0.1, -0.05) is 0 Å². The third-order valence-corrected chi connectivity index (χ3v) is 2.29. The van der Waals surface area contributed by atoms with Crippen molar-refractivity contribution in [2.75, 3.05) is 0 Å². The van der Waals surface area contributed by atoms with Crippen molar-refractivity contribution < 1.29 is 9.90 Å². The van der Waals surface area contributed by atoms with Gasteiger partial charge in [0.25, 0.3) is 0 Å². The quantitative estimate of drug-likeness (QED) is 0.733. The summed E-state index contributed by atoms with van der Waals surface area (Å²) >= 11 is 0. The van der Waals surface area contributed by atoms with E-state index in [0.717, 1.165) is 11.4 Å². The second-order valence-electron chi connectivity index (χ2n) is 3.37. The van der Waals surface area contributed by atoms with E-state index in [-0.39, 0.29) is 11.8 Å². The van der Waals surface area contributed by atoms with Gasteiger partial charge in [0.15, 0.2) is 0 Å². The predicted molar refractivity (Wildman–Crippen MR) is 45.3 cm³/mol. The zero-order chi connectivity index (χ0) is 9.42. The first-order valence-electron chi connectivity index (χ1n) is 4.20. The standard InChI is InChI=1S/C9H10N2O2/c1-5-3-11-8(4-10-5)6-2-7(6)9(12)13/h3-4,6-7H,2H2,1H3,(H,12,13)/t6-,7-/m1/s1. The first-order chi connectivity index (χ1) is 6.18. The van der Waals surface area contributed by atoms with Crippen LogP contribution in [0.2, 0.25) is 0 Å². The first kappa shape index (κ1) is 8.16. The molecule has 1 aromatic heterocycles. The van der Waals surface area contributed by atoms with E-state index >= 15 is 0 Å². The molecule has 0 spiro atoms. The normalized spacial score (nSPS) is 25.6. The van der Waals surface area contributed by atoms with Gasteiger partial charge in [-0.15, -0.1) is 0 Å². The van der Waals surface area contributed by atoms with Crippen LogP contribution >= 0.6 is 0 Å². The molecule has 13 heavy (non-hydrogen) atoms. The molecule has 1 heterocycles.